The van der Waals surface area contributed by atoms with E-state index in [1.54, 1.807) is 18.2 Å². The summed E-state index contributed by atoms with van der Waals surface area (Å²) in [6, 6.07) is 13.8. The van der Waals surface area contributed by atoms with E-state index in [0.29, 0.717) is 16.9 Å². The van der Waals surface area contributed by atoms with E-state index in [2.05, 4.69) is 5.32 Å². The van der Waals surface area contributed by atoms with Crippen molar-refractivity contribution in [3.63, 3.8) is 0 Å². The van der Waals surface area contributed by atoms with E-state index in [1.165, 1.54) is 43.3 Å². The summed E-state index contributed by atoms with van der Waals surface area (Å²) in [7, 11) is 0. The van der Waals surface area contributed by atoms with Crippen LogP contribution in [0.25, 0.3) is 0 Å². The summed E-state index contributed by atoms with van der Waals surface area (Å²) in [4.78, 5) is 37.5. The number of benzene rings is 2. The first-order chi connectivity index (χ1) is 12.8. The van der Waals surface area contributed by atoms with Crippen LogP contribution >= 0.6 is 0 Å². The minimum Gasteiger partial charge on any atom is -0.399 e. The molecule has 2 rings (SSSR count). The molecule has 136 valence electrons. The zero-order chi connectivity index (χ0) is 20.0. The Morgan fingerprint density at radius 2 is 1.52 bits per heavy atom. The summed E-state index contributed by atoms with van der Waals surface area (Å²) in [6.45, 7) is 1.19. The molecule has 0 fully saturated rings. The van der Waals surface area contributed by atoms with Gasteiger partial charge >= 0.3 is 0 Å². The minimum absolute atomic E-state index is 0.257. The van der Waals surface area contributed by atoms with Gasteiger partial charge in [-0.25, -0.2) is 4.90 Å². The van der Waals surface area contributed by atoms with Gasteiger partial charge in [0.15, 0.2) is 0 Å². The van der Waals surface area contributed by atoms with Gasteiger partial charge in [-0.2, -0.15) is 5.26 Å². The lowest BCUT2D eigenvalue weighted by molar-refractivity contribution is -0.123. The third kappa shape index (κ3) is 4.70. The highest BCUT2D eigenvalue weighted by Crippen LogP contribution is 2.19. The number of nitrogens with zero attached hydrogens (tertiary/aromatic N) is 2. The number of imide groups is 1. The maximum absolute atomic E-state index is 12.6. The number of amides is 3. The Labute approximate surface area is 155 Å². The number of anilines is 3. The largest absolute Gasteiger partial charge is 0.399 e. The van der Waals surface area contributed by atoms with Gasteiger partial charge in [-0.3, -0.25) is 14.4 Å². The maximum Gasteiger partial charge on any atom is 0.277 e. The summed E-state index contributed by atoms with van der Waals surface area (Å²) < 4.78 is 0. The third-order valence-electron chi connectivity index (χ3n) is 3.54. The van der Waals surface area contributed by atoms with Gasteiger partial charge in [-0.05, 0) is 48.5 Å². The minimum atomic E-state index is -0.868. The van der Waals surface area contributed by atoms with Crippen molar-refractivity contribution in [3.05, 3.63) is 65.9 Å². The number of hydrogen-bond donors (Lipinski definition) is 3. The predicted octanol–water partition coefficient (Wildman–Crippen LogP) is 1.57. The molecule has 0 aromatic heterocycles. The SMILES string of the molecule is CC(=O)N(C(=O)/C(C#N)=C\NC(=O)c1ccc(N)cc1)c1ccc(N)cc1. The van der Waals surface area contributed by atoms with Crippen LogP contribution in [0.15, 0.2) is 60.3 Å². The van der Waals surface area contributed by atoms with Gasteiger partial charge < -0.3 is 16.8 Å². The van der Waals surface area contributed by atoms with Gasteiger partial charge in [-0.15, -0.1) is 0 Å². The van der Waals surface area contributed by atoms with Crippen LogP contribution in [-0.4, -0.2) is 17.7 Å². The molecule has 0 spiro atoms. The van der Waals surface area contributed by atoms with E-state index in [0.717, 1.165) is 11.1 Å². The Morgan fingerprint density at radius 3 is 2.00 bits per heavy atom. The Kier molecular flexibility index (Phi) is 5.91. The Bertz CT molecular complexity index is 941. The van der Waals surface area contributed by atoms with Crippen molar-refractivity contribution in [1.82, 2.24) is 5.32 Å². The quantitative estimate of drug-likeness (QED) is 0.427. The van der Waals surface area contributed by atoms with Crippen LogP contribution in [0.5, 0.6) is 0 Å². The van der Waals surface area contributed by atoms with Gasteiger partial charge in [0.05, 0.1) is 5.69 Å². The summed E-state index contributed by atoms with van der Waals surface area (Å²) in [5.74, 6) is -1.99. The van der Waals surface area contributed by atoms with Gasteiger partial charge in [0.2, 0.25) is 5.91 Å². The zero-order valence-corrected chi connectivity index (χ0v) is 14.5. The number of nitriles is 1. The normalized spacial score (nSPS) is 10.6. The summed E-state index contributed by atoms with van der Waals surface area (Å²) in [5.41, 5.74) is 12.3. The second-order valence-electron chi connectivity index (χ2n) is 5.52. The van der Waals surface area contributed by atoms with Gasteiger partial charge in [0, 0.05) is 30.1 Å². The predicted molar refractivity (Wildman–Crippen MR) is 101 cm³/mol. The molecule has 0 unspecified atom stereocenters. The van der Waals surface area contributed by atoms with E-state index in [9.17, 15) is 19.6 Å². The monoisotopic (exact) mass is 363 g/mol. The van der Waals surface area contributed by atoms with Crippen molar-refractivity contribution in [2.24, 2.45) is 0 Å². The lowest BCUT2D eigenvalue weighted by Gasteiger charge is -2.18. The number of nitrogens with one attached hydrogen (secondary N) is 1. The van der Waals surface area contributed by atoms with Crippen molar-refractivity contribution in [1.29, 1.82) is 5.26 Å². The van der Waals surface area contributed by atoms with E-state index in [1.807, 2.05) is 0 Å². The van der Waals surface area contributed by atoms with Crippen LogP contribution in [-0.2, 0) is 9.59 Å². The van der Waals surface area contributed by atoms with E-state index in [-0.39, 0.29) is 5.69 Å². The molecule has 0 radical (unpaired) electrons. The van der Waals surface area contributed by atoms with E-state index >= 15 is 0 Å². The molecule has 0 saturated heterocycles. The molecule has 0 atom stereocenters. The lowest BCUT2D eigenvalue weighted by atomic mass is 10.2. The number of nitrogen functional groups attached to an aromatic ring is 2. The molecule has 0 aliphatic rings. The molecule has 0 saturated carbocycles. The number of carbonyl (C=O) groups is 3. The molecule has 0 aliphatic heterocycles. The van der Waals surface area contributed by atoms with Gasteiger partial charge in [0.1, 0.15) is 11.6 Å². The van der Waals surface area contributed by atoms with Crippen molar-refractivity contribution >= 4 is 34.8 Å². The second kappa shape index (κ2) is 8.31. The smallest absolute Gasteiger partial charge is 0.277 e. The zero-order valence-electron chi connectivity index (χ0n) is 14.5. The van der Waals surface area contributed by atoms with Crippen molar-refractivity contribution in [2.75, 3.05) is 16.4 Å². The Morgan fingerprint density at radius 1 is 1.00 bits per heavy atom. The highest BCUT2D eigenvalue weighted by molar-refractivity contribution is 6.21. The molecule has 3 amide bonds. The average Bonchev–Trinajstić information content (AvgIpc) is 2.64. The highest BCUT2D eigenvalue weighted by Gasteiger charge is 2.24. The fourth-order valence-corrected chi connectivity index (χ4v) is 2.18. The number of rotatable bonds is 4. The molecule has 2 aromatic carbocycles. The standard InChI is InChI=1S/C19H17N5O3/c1-12(25)24(17-8-6-16(22)7-9-17)19(27)14(10-20)11-23-18(26)13-2-4-15(21)5-3-13/h2-9,11H,21-22H2,1H3,(H,23,26)/b14-11-. The van der Waals surface area contributed by atoms with Gasteiger partial charge in [0.25, 0.3) is 11.8 Å². The number of carbonyl (C=O) groups excluding carboxylic acids is 3. The molecule has 8 heteroatoms. The van der Waals surface area contributed by atoms with Crippen LogP contribution in [0.2, 0.25) is 0 Å². The van der Waals surface area contributed by atoms with Crippen LogP contribution in [0.3, 0.4) is 0 Å². The Balaban J connectivity index is 2.24. The highest BCUT2D eigenvalue weighted by atomic mass is 16.2. The van der Waals surface area contributed by atoms with Crippen LogP contribution in [0.4, 0.5) is 17.1 Å². The molecule has 0 bridgehead atoms. The van der Waals surface area contributed by atoms with E-state index in [4.69, 9.17) is 11.5 Å². The van der Waals surface area contributed by atoms with Crippen molar-refractivity contribution in [2.45, 2.75) is 6.92 Å². The van der Waals surface area contributed by atoms with Gasteiger partial charge in [-0.1, -0.05) is 0 Å². The molecular formula is C19H17N5O3. The molecule has 0 aliphatic carbocycles. The average molecular weight is 363 g/mol. The first-order valence-electron chi connectivity index (χ1n) is 7.80. The lowest BCUT2D eigenvalue weighted by Crippen LogP contribution is -2.36. The fourth-order valence-electron chi connectivity index (χ4n) is 2.18. The van der Waals surface area contributed by atoms with Crippen molar-refractivity contribution < 1.29 is 14.4 Å². The van der Waals surface area contributed by atoms with Crippen LogP contribution < -0.4 is 21.7 Å². The third-order valence-corrected chi connectivity index (χ3v) is 3.54. The molecule has 2 aromatic rings. The number of nitrogens with two attached hydrogens (primary N) is 2. The molecule has 8 nitrogen and oxygen atoms in total. The first-order valence-corrected chi connectivity index (χ1v) is 7.80. The molecule has 5 N–H and O–H groups in total. The number of hydrogen-bond acceptors (Lipinski definition) is 6. The first kappa shape index (κ1) is 19.2. The van der Waals surface area contributed by atoms with Crippen LogP contribution in [0.1, 0.15) is 17.3 Å². The van der Waals surface area contributed by atoms with E-state index < -0.39 is 23.3 Å². The fraction of sp³-hybridized carbons (Fsp3) is 0.0526. The molecular weight excluding hydrogens is 346 g/mol. The van der Waals surface area contributed by atoms with Crippen molar-refractivity contribution in [3.8, 4) is 6.07 Å². The summed E-state index contributed by atoms with van der Waals surface area (Å²) >= 11 is 0. The maximum atomic E-state index is 12.6. The second-order valence-corrected chi connectivity index (χ2v) is 5.52. The summed E-state index contributed by atoms with van der Waals surface area (Å²) in [5, 5.41) is 11.6. The molecule has 0 heterocycles. The van der Waals surface area contributed by atoms with Crippen LogP contribution in [0, 0.1) is 11.3 Å². The topological polar surface area (TPSA) is 142 Å². The summed E-state index contributed by atoms with van der Waals surface area (Å²) in [6.07, 6.45) is 0.967. The molecule has 27 heavy (non-hydrogen) atoms. The Hall–Kier alpha value is -4.12.